The van der Waals surface area contributed by atoms with Crippen LogP contribution in [0, 0.1) is 13.8 Å². The molecule has 0 aromatic carbocycles. The first kappa shape index (κ1) is 14.8. The highest BCUT2D eigenvalue weighted by Crippen LogP contribution is 2.28. The van der Waals surface area contributed by atoms with Crippen molar-refractivity contribution >= 4 is 11.6 Å². The fourth-order valence-electron chi connectivity index (χ4n) is 3.12. The summed E-state index contributed by atoms with van der Waals surface area (Å²) >= 11 is 0. The largest absolute Gasteiger partial charge is 0.339 e. The summed E-state index contributed by atoms with van der Waals surface area (Å²) in [5.41, 5.74) is 4.73. The van der Waals surface area contributed by atoms with Crippen LogP contribution in [-0.4, -0.2) is 38.5 Å². The summed E-state index contributed by atoms with van der Waals surface area (Å²) in [6, 6.07) is 4.14. The first-order chi connectivity index (χ1) is 10.5. The minimum absolute atomic E-state index is 0.0736. The summed E-state index contributed by atoms with van der Waals surface area (Å²) in [4.78, 5) is 18.6. The van der Waals surface area contributed by atoms with E-state index in [0.717, 1.165) is 48.7 Å². The fourth-order valence-corrected chi connectivity index (χ4v) is 3.12. The third kappa shape index (κ3) is 2.63. The summed E-state index contributed by atoms with van der Waals surface area (Å²) in [6.07, 6.45) is 1.91. The lowest BCUT2D eigenvalue weighted by atomic mass is 9.92. The van der Waals surface area contributed by atoms with Crippen LogP contribution in [0.15, 0.2) is 24.3 Å². The van der Waals surface area contributed by atoms with Crippen LogP contribution in [0.2, 0.25) is 0 Å². The summed E-state index contributed by atoms with van der Waals surface area (Å²) < 4.78 is 1.89. The van der Waals surface area contributed by atoms with Crippen LogP contribution in [0.3, 0.4) is 0 Å². The van der Waals surface area contributed by atoms with Gasteiger partial charge in [0.25, 0.3) is 0 Å². The number of piperidine rings is 1. The number of nitrogens with zero attached hydrogens (tertiary/aromatic N) is 4. The smallest absolute Gasteiger partial charge is 0.248 e. The van der Waals surface area contributed by atoms with Gasteiger partial charge in [0.05, 0.1) is 5.69 Å². The molecule has 1 amide bonds. The van der Waals surface area contributed by atoms with Gasteiger partial charge in [-0.3, -0.25) is 4.79 Å². The number of carbonyl (C=O) groups is 1. The molecule has 0 saturated carbocycles. The van der Waals surface area contributed by atoms with E-state index in [4.69, 9.17) is 4.98 Å². The SMILES string of the molecule is C=C(C)C(=O)N1CCC(c2cc(C)n3nc(C)cc3n2)CC1. The maximum absolute atomic E-state index is 12.0. The molecule has 0 N–H and O–H groups in total. The van der Waals surface area contributed by atoms with Crippen molar-refractivity contribution in [3.8, 4) is 0 Å². The number of rotatable bonds is 2. The Kier molecular flexibility index (Phi) is 3.72. The van der Waals surface area contributed by atoms with E-state index < -0.39 is 0 Å². The lowest BCUT2D eigenvalue weighted by Gasteiger charge is -2.32. The van der Waals surface area contributed by atoms with Crippen LogP contribution >= 0.6 is 0 Å². The molecule has 5 nitrogen and oxygen atoms in total. The van der Waals surface area contributed by atoms with Crippen molar-refractivity contribution in [1.82, 2.24) is 19.5 Å². The monoisotopic (exact) mass is 298 g/mol. The van der Waals surface area contributed by atoms with Crippen LogP contribution in [0.5, 0.6) is 0 Å². The average Bonchev–Trinajstić information content (AvgIpc) is 2.87. The summed E-state index contributed by atoms with van der Waals surface area (Å²) in [5.74, 6) is 0.484. The van der Waals surface area contributed by atoms with Crippen LogP contribution in [-0.2, 0) is 4.79 Å². The molecule has 1 fully saturated rings. The van der Waals surface area contributed by atoms with E-state index in [1.54, 1.807) is 6.92 Å². The van der Waals surface area contributed by atoms with Crippen LogP contribution in [0.4, 0.5) is 0 Å². The van der Waals surface area contributed by atoms with Gasteiger partial charge in [0, 0.05) is 42.0 Å². The highest BCUT2D eigenvalue weighted by Gasteiger charge is 2.25. The van der Waals surface area contributed by atoms with Crippen molar-refractivity contribution in [1.29, 1.82) is 0 Å². The minimum atomic E-state index is 0.0736. The van der Waals surface area contributed by atoms with Crippen molar-refractivity contribution < 1.29 is 4.79 Å². The number of likely N-dealkylation sites (tertiary alicyclic amines) is 1. The maximum atomic E-state index is 12.0. The zero-order valence-corrected chi connectivity index (χ0v) is 13.5. The molecule has 3 heterocycles. The van der Waals surface area contributed by atoms with Gasteiger partial charge in [-0.25, -0.2) is 9.50 Å². The van der Waals surface area contributed by atoms with E-state index >= 15 is 0 Å². The van der Waals surface area contributed by atoms with Gasteiger partial charge in [-0.2, -0.15) is 5.10 Å². The first-order valence-corrected chi connectivity index (χ1v) is 7.74. The molecule has 0 atom stereocenters. The van der Waals surface area contributed by atoms with Crippen molar-refractivity contribution in [2.45, 2.75) is 39.5 Å². The molecule has 0 spiro atoms. The molecule has 3 rings (SSSR count). The van der Waals surface area contributed by atoms with Gasteiger partial charge in [0.1, 0.15) is 0 Å². The molecule has 22 heavy (non-hydrogen) atoms. The highest BCUT2D eigenvalue weighted by molar-refractivity contribution is 5.92. The van der Waals surface area contributed by atoms with Gasteiger partial charge in [-0.15, -0.1) is 0 Å². The second-order valence-corrected chi connectivity index (χ2v) is 6.22. The number of amides is 1. The van der Waals surface area contributed by atoms with E-state index in [2.05, 4.69) is 24.7 Å². The van der Waals surface area contributed by atoms with Crippen LogP contribution in [0.25, 0.3) is 5.65 Å². The first-order valence-electron chi connectivity index (χ1n) is 7.74. The second kappa shape index (κ2) is 5.55. The minimum Gasteiger partial charge on any atom is -0.339 e. The zero-order valence-electron chi connectivity index (χ0n) is 13.5. The number of hydrogen-bond acceptors (Lipinski definition) is 3. The standard InChI is InChI=1S/C17H22N4O/c1-11(2)17(22)20-7-5-14(6-8-20)15-10-13(4)21-16(18-15)9-12(3)19-21/h9-10,14H,1,5-8H2,2-4H3. The predicted molar refractivity (Wildman–Crippen MR) is 85.8 cm³/mol. The predicted octanol–water partition coefficient (Wildman–Crippen LogP) is 2.63. The lowest BCUT2D eigenvalue weighted by Crippen LogP contribution is -2.38. The van der Waals surface area contributed by atoms with E-state index in [1.807, 2.05) is 22.4 Å². The molecular weight excluding hydrogens is 276 g/mol. The molecule has 1 saturated heterocycles. The van der Waals surface area contributed by atoms with E-state index in [0.29, 0.717) is 11.5 Å². The van der Waals surface area contributed by atoms with Crippen molar-refractivity contribution in [3.05, 3.63) is 41.4 Å². The van der Waals surface area contributed by atoms with E-state index in [9.17, 15) is 4.79 Å². The van der Waals surface area contributed by atoms with Gasteiger partial charge in [-0.1, -0.05) is 6.58 Å². The average molecular weight is 298 g/mol. The Morgan fingerprint density at radius 1 is 1.27 bits per heavy atom. The molecule has 1 aliphatic heterocycles. The number of carbonyl (C=O) groups excluding carboxylic acids is 1. The van der Waals surface area contributed by atoms with Crippen LogP contribution in [0.1, 0.15) is 42.8 Å². The van der Waals surface area contributed by atoms with E-state index in [-0.39, 0.29) is 5.91 Å². The second-order valence-electron chi connectivity index (χ2n) is 6.22. The summed E-state index contributed by atoms with van der Waals surface area (Å²) in [5, 5.41) is 4.45. The van der Waals surface area contributed by atoms with Crippen molar-refractivity contribution in [3.63, 3.8) is 0 Å². The van der Waals surface area contributed by atoms with Crippen molar-refractivity contribution in [2.24, 2.45) is 0 Å². The van der Waals surface area contributed by atoms with Gasteiger partial charge < -0.3 is 4.90 Å². The number of aromatic nitrogens is 3. The molecule has 5 heteroatoms. The Labute approximate surface area is 130 Å². The van der Waals surface area contributed by atoms with E-state index in [1.165, 1.54) is 0 Å². The molecule has 116 valence electrons. The normalized spacial score (nSPS) is 16.2. The fraction of sp³-hybridized carbons (Fsp3) is 0.471. The molecule has 0 aliphatic carbocycles. The number of aryl methyl sites for hydroxylation is 2. The Morgan fingerprint density at radius 3 is 2.59 bits per heavy atom. The molecule has 0 bridgehead atoms. The van der Waals surface area contributed by atoms with Gasteiger partial charge in [0.2, 0.25) is 5.91 Å². The van der Waals surface area contributed by atoms with Gasteiger partial charge in [-0.05, 0) is 39.7 Å². The Morgan fingerprint density at radius 2 is 1.95 bits per heavy atom. The van der Waals surface area contributed by atoms with Crippen molar-refractivity contribution in [2.75, 3.05) is 13.1 Å². The highest BCUT2D eigenvalue weighted by atomic mass is 16.2. The topological polar surface area (TPSA) is 50.5 Å². The third-order valence-corrected chi connectivity index (χ3v) is 4.31. The maximum Gasteiger partial charge on any atom is 0.248 e. The number of hydrogen-bond donors (Lipinski definition) is 0. The zero-order chi connectivity index (χ0) is 15.9. The molecule has 2 aromatic rings. The number of fused-ring (bicyclic) bond motifs is 1. The Hall–Kier alpha value is -2.17. The molecule has 0 unspecified atom stereocenters. The molecule has 2 aromatic heterocycles. The molecule has 0 radical (unpaired) electrons. The third-order valence-electron chi connectivity index (χ3n) is 4.31. The Balaban J connectivity index is 1.79. The molecular formula is C17H22N4O. The van der Waals surface area contributed by atoms with Crippen LogP contribution < -0.4 is 0 Å². The summed E-state index contributed by atoms with van der Waals surface area (Å²) in [6.45, 7) is 11.1. The Bertz CT molecular complexity index is 738. The van der Waals surface area contributed by atoms with Gasteiger partial charge in [0.15, 0.2) is 5.65 Å². The quantitative estimate of drug-likeness (QED) is 0.801. The summed E-state index contributed by atoms with van der Waals surface area (Å²) in [7, 11) is 0. The van der Waals surface area contributed by atoms with Gasteiger partial charge >= 0.3 is 0 Å². The lowest BCUT2D eigenvalue weighted by molar-refractivity contribution is -0.128. The molecule has 1 aliphatic rings.